The minimum atomic E-state index is -0.180. The van der Waals surface area contributed by atoms with Crippen molar-refractivity contribution in [3.63, 3.8) is 0 Å². The molecule has 1 N–H and O–H groups in total. The molecule has 0 amide bonds. The number of rotatable bonds is 8. The van der Waals surface area contributed by atoms with Crippen molar-refractivity contribution < 1.29 is 9.90 Å². The molecule has 0 saturated carbocycles. The van der Waals surface area contributed by atoms with E-state index in [0.29, 0.717) is 33.5 Å². The van der Waals surface area contributed by atoms with Crippen LogP contribution in [0.5, 0.6) is 5.75 Å². The van der Waals surface area contributed by atoms with Gasteiger partial charge < -0.3 is 5.11 Å². The fraction of sp³-hybridized carbons (Fsp3) is 0.111. The summed E-state index contributed by atoms with van der Waals surface area (Å²) >= 11 is 8.37. The number of aryl methyl sites for hydroxylation is 1. The number of benzene rings is 4. The summed E-state index contributed by atoms with van der Waals surface area (Å²) in [6, 6.07) is 36.0. The summed E-state index contributed by atoms with van der Waals surface area (Å²) in [7, 11) is 0. The number of aromatic nitrogens is 1. The largest absolute Gasteiger partial charge is 0.505 e. The quantitative estimate of drug-likeness (QED) is 0.184. The van der Waals surface area contributed by atoms with Gasteiger partial charge in [0.1, 0.15) is 11.3 Å². The number of aromatic hydroxyl groups is 1. The van der Waals surface area contributed by atoms with E-state index in [2.05, 4.69) is 54.4 Å². The molecular weight excluding hydrogens is 546 g/mol. The van der Waals surface area contributed by atoms with Gasteiger partial charge in [-0.1, -0.05) is 90.5 Å². The van der Waals surface area contributed by atoms with Gasteiger partial charge in [0.05, 0.1) is 5.02 Å². The molecule has 1 atom stereocenters. The highest BCUT2D eigenvalue weighted by Gasteiger charge is 2.22. The Bertz CT molecular complexity index is 1840. The molecule has 0 saturated heterocycles. The number of phenols is 1. The molecule has 2 aromatic heterocycles. The Balaban J connectivity index is 1.35. The first kappa shape index (κ1) is 26.9. The second-order valence-corrected chi connectivity index (χ2v) is 12.0. The van der Waals surface area contributed by atoms with Gasteiger partial charge in [0.15, 0.2) is 5.78 Å². The lowest BCUT2D eigenvalue weighted by Crippen LogP contribution is -2.11. The fourth-order valence-corrected chi connectivity index (χ4v) is 6.47. The standard InChI is InChI=1S/C36H28ClNO2S/c1-23-12-17-34(41-23)28-10-5-9-27(19-28)29(20-30-21-32(37)31-11-6-18-38-35(31)36(30)40)22-33(39)26-15-13-25(14-16-26)24-7-3-2-4-8-24/h2-19,21,29,40H,20,22H2,1H3. The molecule has 2 heterocycles. The monoisotopic (exact) mass is 573 g/mol. The summed E-state index contributed by atoms with van der Waals surface area (Å²) in [6.45, 7) is 2.10. The Hall–Kier alpha value is -4.25. The Labute approximate surface area is 248 Å². The maximum atomic E-state index is 13.7. The highest BCUT2D eigenvalue weighted by atomic mass is 35.5. The zero-order chi connectivity index (χ0) is 28.3. The van der Waals surface area contributed by atoms with Crippen LogP contribution in [0.2, 0.25) is 5.02 Å². The zero-order valence-corrected chi connectivity index (χ0v) is 24.1. The van der Waals surface area contributed by atoms with Crippen LogP contribution in [0, 0.1) is 6.92 Å². The van der Waals surface area contributed by atoms with E-state index in [1.165, 1.54) is 9.75 Å². The van der Waals surface area contributed by atoms with E-state index in [1.807, 2.05) is 54.6 Å². The summed E-state index contributed by atoms with van der Waals surface area (Å²) in [5.41, 5.74) is 6.16. The highest BCUT2D eigenvalue weighted by Crippen LogP contribution is 2.38. The number of fused-ring (bicyclic) bond motifs is 1. The van der Waals surface area contributed by atoms with Gasteiger partial charge in [-0.2, -0.15) is 0 Å². The Morgan fingerprint density at radius 3 is 2.37 bits per heavy atom. The number of hydrogen-bond acceptors (Lipinski definition) is 4. The van der Waals surface area contributed by atoms with Crippen molar-refractivity contribution in [2.45, 2.75) is 25.7 Å². The number of hydrogen-bond donors (Lipinski definition) is 1. The molecule has 0 aliphatic heterocycles. The maximum absolute atomic E-state index is 13.7. The third kappa shape index (κ3) is 5.81. The topological polar surface area (TPSA) is 50.2 Å². The van der Waals surface area contributed by atoms with Gasteiger partial charge in [0.2, 0.25) is 0 Å². The molecule has 41 heavy (non-hydrogen) atoms. The van der Waals surface area contributed by atoms with Crippen LogP contribution in [0.4, 0.5) is 0 Å². The SMILES string of the molecule is Cc1ccc(-c2cccc(C(CC(=O)c3ccc(-c4ccccc4)cc3)Cc3cc(Cl)c4cccnc4c3O)c2)s1. The summed E-state index contributed by atoms with van der Waals surface area (Å²) in [4.78, 5) is 20.5. The third-order valence-electron chi connectivity index (χ3n) is 7.49. The van der Waals surface area contributed by atoms with Crippen molar-refractivity contribution in [1.82, 2.24) is 4.98 Å². The molecule has 0 aliphatic rings. The average molecular weight is 574 g/mol. The molecule has 1 unspecified atom stereocenters. The Kier molecular flexibility index (Phi) is 7.69. The molecule has 3 nitrogen and oxygen atoms in total. The van der Waals surface area contributed by atoms with Crippen molar-refractivity contribution in [2.75, 3.05) is 0 Å². The minimum absolute atomic E-state index is 0.0523. The van der Waals surface area contributed by atoms with Crippen LogP contribution in [0.3, 0.4) is 0 Å². The van der Waals surface area contributed by atoms with E-state index >= 15 is 0 Å². The number of ketones is 1. The first-order chi connectivity index (χ1) is 20.0. The normalized spacial score (nSPS) is 12.0. The van der Waals surface area contributed by atoms with Crippen LogP contribution >= 0.6 is 22.9 Å². The molecule has 0 aliphatic carbocycles. The minimum Gasteiger partial charge on any atom is -0.505 e. The first-order valence-corrected chi connectivity index (χ1v) is 14.8. The van der Waals surface area contributed by atoms with Crippen LogP contribution in [-0.4, -0.2) is 15.9 Å². The number of carbonyl (C=O) groups excluding carboxylic acids is 1. The van der Waals surface area contributed by atoms with Crippen LogP contribution in [-0.2, 0) is 6.42 Å². The average Bonchev–Trinajstić information content (AvgIpc) is 3.46. The molecular formula is C36H28ClNO2S. The summed E-state index contributed by atoms with van der Waals surface area (Å²) in [6.07, 6.45) is 2.38. The number of halogens is 1. The lowest BCUT2D eigenvalue weighted by molar-refractivity contribution is 0.0973. The number of Topliss-reactive ketones (excluding diaryl/α,β-unsaturated/α-hetero) is 1. The van der Waals surface area contributed by atoms with Crippen molar-refractivity contribution in [3.8, 4) is 27.3 Å². The Morgan fingerprint density at radius 2 is 1.61 bits per heavy atom. The molecule has 5 heteroatoms. The maximum Gasteiger partial charge on any atom is 0.163 e. The van der Waals surface area contributed by atoms with E-state index in [0.717, 1.165) is 22.3 Å². The summed E-state index contributed by atoms with van der Waals surface area (Å²) in [5.74, 6) is -0.0170. The molecule has 4 aromatic carbocycles. The van der Waals surface area contributed by atoms with Gasteiger partial charge in [-0.25, -0.2) is 0 Å². The van der Waals surface area contributed by atoms with Crippen molar-refractivity contribution in [3.05, 3.63) is 142 Å². The summed E-state index contributed by atoms with van der Waals surface area (Å²) < 4.78 is 0. The van der Waals surface area contributed by atoms with Crippen LogP contribution < -0.4 is 0 Å². The first-order valence-electron chi connectivity index (χ1n) is 13.6. The van der Waals surface area contributed by atoms with Gasteiger partial charge in [-0.3, -0.25) is 9.78 Å². The van der Waals surface area contributed by atoms with Crippen molar-refractivity contribution in [2.24, 2.45) is 0 Å². The van der Waals surface area contributed by atoms with Gasteiger partial charge in [0, 0.05) is 33.3 Å². The molecule has 0 radical (unpaired) electrons. The predicted octanol–water partition coefficient (Wildman–Crippen LogP) is 9.90. The van der Waals surface area contributed by atoms with Gasteiger partial charge in [-0.05, 0) is 77.4 Å². The number of thiophene rings is 1. The highest BCUT2D eigenvalue weighted by molar-refractivity contribution is 7.15. The smallest absolute Gasteiger partial charge is 0.163 e. The molecule has 6 rings (SSSR count). The van der Waals surface area contributed by atoms with Crippen molar-refractivity contribution >= 4 is 39.6 Å². The number of pyridine rings is 1. The second kappa shape index (κ2) is 11.7. The predicted molar refractivity (Wildman–Crippen MR) is 170 cm³/mol. The molecule has 202 valence electrons. The lowest BCUT2D eigenvalue weighted by Gasteiger charge is -2.20. The lowest BCUT2D eigenvalue weighted by atomic mass is 9.85. The summed E-state index contributed by atoms with van der Waals surface area (Å²) in [5, 5.41) is 12.4. The molecule has 0 bridgehead atoms. The van der Waals surface area contributed by atoms with E-state index < -0.39 is 0 Å². The van der Waals surface area contributed by atoms with Gasteiger partial charge in [-0.15, -0.1) is 11.3 Å². The van der Waals surface area contributed by atoms with E-state index in [-0.39, 0.29) is 23.9 Å². The zero-order valence-electron chi connectivity index (χ0n) is 22.6. The Morgan fingerprint density at radius 1 is 0.854 bits per heavy atom. The third-order valence-corrected chi connectivity index (χ3v) is 8.85. The van der Waals surface area contributed by atoms with Crippen molar-refractivity contribution in [1.29, 1.82) is 0 Å². The van der Waals surface area contributed by atoms with E-state index in [9.17, 15) is 9.90 Å². The molecule has 0 spiro atoms. The fourth-order valence-electron chi connectivity index (χ4n) is 5.32. The molecule has 6 aromatic rings. The van der Waals surface area contributed by atoms with Gasteiger partial charge in [0.25, 0.3) is 0 Å². The van der Waals surface area contributed by atoms with Gasteiger partial charge >= 0.3 is 0 Å². The number of nitrogens with zero attached hydrogens (tertiary/aromatic N) is 1. The van der Waals surface area contributed by atoms with Crippen LogP contribution in [0.1, 0.15) is 38.7 Å². The van der Waals surface area contributed by atoms with Crippen LogP contribution in [0.15, 0.2) is 115 Å². The van der Waals surface area contributed by atoms with Crippen LogP contribution in [0.25, 0.3) is 32.5 Å². The second-order valence-electron chi connectivity index (χ2n) is 10.3. The van der Waals surface area contributed by atoms with E-state index in [1.54, 1.807) is 29.7 Å². The number of phenolic OH excluding ortho intramolecular Hbond substituents is 1. The van der Waals surface area contributed by atoms with E-state index in [4.69, 9.17) is 11.6 Å². The molecule has 0 fully saturated rings. The number of carbonyl (C=O) groups is 1.